The number of likely N-dealkylation sites (tertiary alicyclic amines) is 1. The average Bonchev–Trinajstić information content (AvgIpc) is 2.87. The van der Waals surface area contributed by atoms with E-state index in [-0.39, 0.29) is 18.0 Å². The Labute approximate surface area is 138 Å². The molecule has 1 heterocycles. The minimum atomic E-state index is -0.581. The van der Waals surface area contributed by atoms with E-state index in [1.165, 1.54) is 24.3 Å². The molecule has 7 nitrogen and oxygen atoms in total. The second-order valence-corrected chi connectivity index (χ2v) is 5.63. The second kappa shape index (κ2) is 6.67. The highest BCUT2D eigenvalue weighted by atomic mass is 16.6. The molecule has 3 rings (SSSR count). The number of ether oxygens (including phenoxy) is 1. The third kappa shape index (κ3) is 3.69. The number of carbonyl (C=O) groups is 1. The van der Waals surface area contributed by atoms with Gasteiger partial charge in [0, 0.05) is 25.2 Å². The standard InChI is InChI=1S/C17H16N2O5/c20-14-9-17(21)18(11-14)10-12-1-5-15(6-2-12)24-16-7-3-13(4-8-16)19(22)23/h1-8,14,20H,9-11H2. The van der Waals surface area contributed by atoms with Gasteiger partial charge in [-0.05, 0) is 29.8 Å². The topological polar surface area (TPSA) is 92.9 Å². The summed E-state index contributed by atoms with van der Waals surface area (Å²) in [5, 5.41) is 20.1. The van der Waals surface area contributed by atoms with E-state index in [2.05, 4.69) is 0 Å². The van der Waals surface area contributed by atoms with E-state index >= 15 is 0 Å². The monoisotopic (exact) mass is 328 g/mol. The molecule has 2 aromatic carbocycles. The molecule has 7 heteroatoms. The van der Waals surface area contributed by atoms with Gasteiger partial charge in [-0.1, -0.05) is 12.1 Å². The summed E-state index contributed by atoms with van der Waals surface area (Å²) < 4.78 is 5.63. The molecular formula is C17H16N2O5. The minimum absolute atomic E-state index is 0.00941. The summed E-state index contributed by atoms with van der Waals surface area (Å²) in [6.07, 6.45) is -0.399. The zero-order valence-electron chi connectivity index (χ0n) is 12.8. The van der Waals surface area contributed by atoms with Crippen LogP contribution in [0.5, 0.6) is 11.5 Å². The van der Waals surface area contributed by atoms with Gasteiger partial charge in [-0.15, -0.1) is 0 Å². The predicted octanol–water partition coefficient (Wildman–Crippen LogP) is 2.48. The van der Waals surface area contributed by atoms with E-state index in [0.29, 0.717) is 24.6 Å². The summed E-state index contributed by atoms with van der Waals surface area (Å²) in [5.74, 6) is 1.06. The van der Waals surface area contributed by atoms with Crippen LogP contribution in [0.4, 0.5) is 5.69 Å². The van der Waals surface area contributed by atoms with Crippen molar-refractivity contribution in [3.05, 3.63) is 64.2 Å². The molecule has 124 valence electrons. The first kappa shape index (κ1) is 15.9. The van der Waals surface area contributed by atoms with Crippen LogP contribution in [0.15, 0.2) is 48.5 Å². The first-order chi connectivity index (χ1) is 11.5. The number of nitro benzene ring substituents is 1. The smallest absolute Gasteiger partial charge is 0.269 e. The van der Waals surface area contributed by atoms with E-state index in [4.69, 9.17) is 4.74 Å². The zero-order valence-corrected chi connectivity index (χ0v) is 12.8. The number of non-ortho nitro benzene ring substituents is 1. The minimum Gasteiger partial charge on any atom is -0.457 e. The Hall–Kier alpha value is -2.93. The van der Waals surface area contributed by atoms with E-state index in [1.807, 2.05) is 12.1 Å². The molecule has 1 aliphatic rings. The van der Waals surface area contributed by atoms with Crippen LogP contribution in [-0.2, 0) is 11.3 Å². The number of aliphatic hydroxyl groups excluding tert-OH is 1. The Morgan fingerprint density at radius 2 is 1.71 bits per heavy atom. The number of amides is 1. The Balaban J connectivity index is 1.62. The maximum atomic E-state index is 11.7. The van der Waals surface area contributed by atoms with Crippen molar-refractivity contribution in [3.8, 4) is 11.5 Å². The quantitative estimate of drug-likeness (QED) is 0.672. The molecule has 2 aromatic rings. The van der Waals surface area contributed by atoms with Gasteiger partial charge in [0.05, 0.1) is 17.4 Å². The van der Waals surface area contributed by atoms with Crippen LogP contribution in [0.25, 0.3) is 0 Å². The first-order valence-electron chi connectivity index (χ1n) is 7.48. The fourth-order valence-corrected chi connectivity index (χ4v) is 2.56. The lowest BCUT2D eigenvalue weighted by Gasteiger charge is -2.16. The molecule has 0 bridgehead atoms. The normalized spacial score (nSPS) is 17.1. The molecular weight excluding hydrogens is 312 g/mol. The van der Waals surface area contributed by atoms with Gasteiger partial charge in [0.1, 0.15) is 11.5 Å². The van der Waals surface area contributed by atoms with E-state index in [1.54, 1.807) is 17.0 Å². The van der Waals surface area contributed by atoms with Gasteiger partial charge in [-0.3, -0.25) is 14.9 Å². The lowest BCUT2D eigenvalue weighted by Crippen LogP contribution is -2.25. The molecule has 1 fully saturated rings. The molecule has 0 radical (unpaired) electrons. The van der Waals surface area contributed by atoms with Gasteiger partial charge in [-0.2, -0.15) is 0 Å². The molecule has 24 heavy (non-hydrogen) atoms. The fraction of sp³-hybridized carbons (Fsp3) is 0.235. The molecule has 0 aliphatic carbocycles. The number of rotatable bonds is 5. The maximum absolute atomic E-state index is 11.7. The van der Waals surface area contributed by atoms with Crippen LogP contribution in [0, 0.1) is 10.1 Å². The summed E-state index contributed by atoms with van der Waals surface area (Å²) in [7, 11) is 0. The largest absolute Gasteiger partial charge is 0.457 e. The number of β-amino-alcohol motifs (C(OH)–C–C–N with tert-alkyl or cyclic N) is 1. The Morgan fingerprint density at radius 3 is 2.21 bits per heavy atom. The van der Waals surface area contributed by atoms with Crippen molar-refractivity contribution >= 4 is 11.6 Å². The second-order valence-electron chi connectivity index (χ2n) is 5.63. The molecule has 1 amide bonds. The molecule has 1 unspecified atom stereocenters. The van der Waals surface area contributed by atoms with E-state index < -0.39 is 11.0 Å². The van der Waals surface area contributed by atoms with Crippen LogP contribution >= 0.6 is 0 Å². The molecule has 1 N–H and O–H groups in total. The third-order valence-corrected chi connectivity index (χ3v) is 3.77. The van der Waals surface area contributed by atoms with Gasteiger partial charge >= 0.3 is 0 Å². The van der Waals surface area contributed by atoms with Crippen molar-refractivity contribution in [2.75, 3.05) is 6.54 Å². The van der Waals surface area contributed by atoms with Crippen molar-refractivity contribution in [2.45, 2.75) is 19.1 Å². The number of nitrogens with zero attached hydrogens (tertiary/aromatic N) is 2. The molecule has 0 spiro atoms. The summed E-state index contributed by atoms with van der Waals surface area (Å²) in [4.78, 5) is 23.4. The molecule has 1 saturated heterocycles. The molecule has 1 aliphatic heterocycles. The lowest BCUT2D eigenvalue weighted by atomic mass is 10.2. The number of benzene rings is 2. The maximum Gasteiger partial charge on any atom is 0.269 e. The Kier molecular flexibility index (Phi) is 4.43. The van der Waals surface area contributed by atoms with Crippen LogP contribution < -0.4 is 4.74 Å². The molecule has 0 saturated carbocycles. The van der Waals surface area contributed by atoms with Crippen LogP contribution in [-0.4, -0.2) is 33.5 Å². The van der Waals surface area contributed by atoms with Crippen LogP contribution in [0.1, 0.15) is 12.0 Å². The SMILES string of the molecule is O=C1CC(O)CN1Cc1ccc(Oc2ccc([N+](=O)[O-])cc2)cc1. The van der Waals surface area contributed by atoms with Crippen molar-refractivity contribution < 1.29 is 19.6 Å². The zero-order chi connectivity index (χ0) is 17.1. The van der Waals surface area contributed by atoms with Crippen molar-refractivity contribution in [1.29, 1.82) is 0 Å². The molecule has 0 aromatic heterocycles. The number of nitro groups is 1. The highest BCUT2D eigenvalue weighted by Crippen LogP contribution is 2.24. The van der Waals surface area contributed by atoms with Crippen molar-refractivity contribution in [2.24, 2.45) is 0 Å². The summed E-state index contributed by atoms with van der Waals surface area (Å²) in [5.41, 5.74) is 0.948. The van der Waals surface area contributed by atoms with Gasteiger partial charge in [-0.25, -0.2) is 0 Å². The van der Waals surface area contributed by atoms with Gasteiger partial charge in [0.2, 0.25) is 5.91 Å². The highest BCUT2D eigenvalue weighted by molar-refractivity contribution is 5.79. The predicted molar refractivity (Wildman–Crippen MR) is 85.7 cm³/mol. The van der Waals surface area contributed by atoms with Crippen molar-refractivity contribution in [1.82, 2.24) is 4.90 Å². The summed E-state index contributed by atoms with van der Waals surface area (Å²) in [6, 6.07) is 13.1. The van der Waals surface area contributed by atoms with Gasteiger partial charge in [0.15, 0.2) is 0 Å². The van der Waals surface area contributed by atoms with Crippen LogP contribution in [0.3, 0.4) is 0 Å². The fourth-order valence-electron chi connectivity index (χ4n) is 2.56. The lowest BCUT2D eigenvalue weighted by molar-refractivity contribution is -0.384. The highest BCUT2D eigenvalue weighted by Gasteiger charge is 2.27. The Bertz CT molecular complexity index is 743. The summed E-state index contributed by atoms with van der Waals surface area (Å²) >= 11 is 0. The van der Waals surface area contributed by atoms with E-state index in [9.17, 15) is 20.0 Å². The third-order valence-electron chi connectivity index (χ3n) is 3.77. The first-order valence-corrected chi connectivity index (χ1v) is 7.48. The number of carbonyl (C=O) groups excluding carboxylic acids is 1. The Morgan fingerprint density at radius 1 is 1.12 bits per heavy atom. The number of aliphatic hydroxyl groups is 1. The van der Waals surface area contributed by atoms with Crippen LogP contribution in [0.2, 0.25) is 0 Å². The number of hydrogen-bond donors (Lipinski definition) is 1. The van der Waals surface area contributed by atoms with Gasteiger partial charge < -0.3 is 14.7 Å². The average molecular weight is 328 g/mol. The van der Waals surface area contributed by atoms with Gasteiger partial charge in [0.25, 0.3) is 5.69 Å². The van der Waals surface area contributed by atoms with E-state index in [0.717, 1.165) is 5.56 Å². The summed E-state index contributed by atoms with van der Waals surface area (Å²) in [6.45, 7) is 0.813. The molecule has 1 atom stereocenters. The number of hydrogen-bond acceptors (Lipinski definition) is 5. The van der Waals surface area contributed by atoms with Crippen molar-refractivity contribution in [3.63, 3.8) is 0 Å².